The van der Waals surface area contributed by atoms with Gasteiger partial charge >= 0.3 is 0 Å². The minimum absolute atomic E-state index is 0.0391. The summed E-state index contributed by atoms with van der Waals surface area (Å²) >= 11 is 0. The van der Waals surface area contributed by atoms with Crippen molar-refractivity contribution in [2.24, 2.45) is 0 Å². The maximum absolute atomic E-state index is 12.2. The van der Waals surface area contributed by atoms with Crippen molar-refractivity contribution in [1.29, 1.82) is 0 Å². The van der Waals surface area contributed by atoms with Crippen LogP contribution in [0.2, 0.25) is 0 Å². The molecule has 1 fully saturated rings. The summed E-state index contributed by atoms with van der Waals surface area (Å²) in [7, 11) is 0. The lowest BCUT2D eigenvalue weighted by Crippen LogP contribution is -2.38. The van der Waals surface area contributed by atoms with E-state index in [-0.39, 0.29) is 18.4 Å². The predicted molar refractivity (Wildman–Crippen MR) is 84.5 cm³/mol. The van der Waals surface area contributed by atoms with E-state index >= 15 is 0 Å². The van der Waals surface area contributed by atoms with E-state index in [4.69, 9.17) is 0 Å². The second-order valence-corrected chi connectivity index (χ2v) is 6.07. The van der Waals surface area contributed by atoms with E-state index in [0.717, 1.165) is 24.1 Å². The summed E-state index contributed by atoms with van der Waals surface area (Å²) in [6.45, 7) is 4.80. The van der Waals surface area contributed by atoms with E-state index in [1.807, 2.05) is 24.3 Å². The number of likely N-dealkylation sites (tertiary alicyclic amines) is 1. The third-order valence-electron chi connectivity index (χ3n) is 4.40. The van der Waals surface area contributed by atoms with Crippen LogP contribution in [0.1, 0.15) is 35.2 Å². The van der Waals surface area contributed by atoms with Crippen molar-refractivity contribution in [2.45, 2.75) is 25.8 Å². The highest BCUT2D eigenvalue weighted by Gasteiger charge is 2.27. The first-order chi connectivity index (χ1) is 10.7. The van der Waals surface area contributed by atoms with Crippen molar-refractivity contribution in [3.63, 3.8) is 0 Å². The normalized spacial score (nSPS) is 17.8. The molecule has 5 heteroatoms. The molecule has 2 heterocycles. The molecule has 0 saturated carbocycles. The monoisotopic (exact) mass is 301 g/mol. The highest BCUT2D eigenvalue weighted by Crippen LogP contribution is 2.21. The summed E-state index contributed by atoms with van der Waals surface area (Å²) < 4.78 is 0. The third-order valence-corrected chi connectivity index (χ3v) is 4.40. The molecule has 1 N–H and O–H groups in total. The van der Waals surface area contributed by atoms with Gasteiger partial charge in [-0.2, -0.15) is 0 Å². The molecule has 0 aromatic heterocycles. The highest BCUT2D eigenvalue weighted by molar-refractivity contribution is 6.00. The Morgan fingerprint density at radius 3 is 2.73 bits per heavy atom. The van der Waals surface area contributed by atoms with Crippen molar-refractivity contribution >= 4 is 11.8 Å². The van der Waals surface area contributed by atoms with E-state index in [0.29, 0.717) is 13.1 Å². The lowest BCUT2D eigenvalue weighted by molar-refractivity contribution is -0.121. The molecule has 2 aliphatic heterocycles. The fourth-order valence-electron chi connectivity index (χ4n) is 3.21. The average Bonchev–Trinajstić information content (AvgIpc) is 3.13. The van der Waals surface area contributed by atoms with Gasteiger partial charge in [0, 0.05) is 18.7 Å². The number of hydrogen-bond acceptors (Lipinski definition) is 3. The Kier molecular flexibility index (Phi) is 4.73. The van der Waals surface area contributed by atoms with Crippen molar-refractivity contribution in [1.82, 2.24) is 15.1 Å². The van der Waals surface area contributed by atoms with Gasteiger partial charge < -0.3 is 15.1 Å². The van der Waals surface area contributed by atoms with Gasteiger partial charge in [0.25, 0.3) is 5.91 Å². The SMILES string of the molecule is O=C(CN1Cc2ccccc2C1=O)NCCCN1CCCC1. The topological polar surface area (TPSA) is 52.7 Å². The first-order valence-electron chi connectivity index (χ1n) is 8.10. The predicted octanol–water partition coefficient (Wildman–Crippen LogP) is 1.24. The highest BCUT2D eigenvalue weighted by atomic mass is 16.2. The number of amides is 2. The smallest absolute Gasteiger partial charge is 0.254 e. The zero-order chi connectivity index (χ0) is 15.4. The Morgan fingerprint density at radius 2 is 1.95 bits per heavy atom. The summed E-state index contributed by atoms with van der Waals surface area (Å²) in [5.74, 6) is -0.106. The number of carbonyl (C=O) groups excluding carboxylic acids is 2. The van der Waals surface area contributed by atoms with E-state index in [9.17, 15) is 9.59 Å². The average molecular weight is 301 g/mol. The molecular formula is C17H23N3O2. The van der Waals surface area contributed by atoms with Gasteiger partial charge in [-0.25, -0.2) is 0 Å². The Hall–Kier alpha value is -1.88. The second-order valence-electron chi connectivity index (χ2n) is 6.07. The summed E-state index contributed by atoms with van der Waals surface area (Å²) in [4.78, 5) is 28.2. The van der Waals surface area contributed by atoms with Crippen LogP contribution in [0.15, 0.2) is 24.3 Å². The molecular weight excluding hydrogens is 278 g/mol. The number of nitrogens with zero attached hydrogens (tertiary/aromatic N) is 2. The Morgan fingerprint density at radius 1 is 1.18 bits per heavy atom. The lowest BCUT2D eigenvalue weighted by Gasteiger charge is -2.16. The maximum Gasteiger partial charge on any atom is 0.254 e. The Balaban J connectivity index is 1.38. The van der Waals surface area contributed by atoms with Gasteiger partial charge in [-0.05, 0) is 50.5 Å². The molecule has 0 bridgehead atoms. The molecule has 0 atom stereocenters. The van der Waals surface area contributed by atoms with Gasteiger partial charge in [0.2, 0.25) is 5.91 Å². The molecule has 1 aromatic rings. The minimum Gasteiger partial charge on any atom is -0.355 e. The zero-order valence-corrected chi connectivity index (χ0v) is 12.9. The minimum atomic E-state index is -0.0671. The Labute approximate surface area is 131 Å². The molecule has 0 aliphatic carbocycles. The van der Waals surface area contributed by atoms with Crippen LogP contribution in [0.25, 0.3) is 0 Å². The standard InChI is InChI=1S/C17H23N3O2/c21-16(18-8-5-11-19-9-3-4-10-19)13-20-12-14-6-1-2-7-15(14)17(20)22/h1-2,6-7H,3-5,8-13H2,(H,18,21). The largest absolute Gasteiger partial charge is 0.355 e. The van der Waals surface area contributed by atoms with Crippen molar-refractivity contribution in [2.75, 3.05) is 32.7 Å². The fraction of sp³-hybridized carbons (Fsp3) is 0.529. The number of nitrogens with one attached hydrogen (secondary N) is 1. The van der Waals surface area contributed by atoms with E-state index in [2.05, 4.69) is 10.2 Å². The van der Waals surface area contributed by atoms with Crippen molar-refractivity contribution < 1.29 is 9.59 Å². The van der Waals surface area contributed by atoms with E-state index in [1.165, 1.54) is 25.9 Å². The molecule has 1 aromatic carbocycles. The molecule has 118 valence electrons. The van der Waals surface area contributed by atoms with E-state index < -0.39 is 0 Å². The quantitative estimate of drug-likeness (QED) is 0.805. The Bertz CT molecular complexity index is 553. The lowest BCUT2D eigenvalue weighted by atomic mass is 10.1. The van der Waals surface area contributed by atoms with Crippen LogP contribution in [0.3, 0.4) is 0 Å². The van der Waals surface area contributed by atoms with Crippen LogP contribution in [0, 0.1) is 0 Å². The van der Waals surface area contributed by atoms with Crippen LogP contribution in [0.4, 0.5) is 0 Å². The van der Waals surface area contributed by atoms with Crippen LogP contribution in [0.5, 0.6) is 0 Å². The summed E-state index contributed by atoms with van der Waals surface area (Å²) in [5.41, 5.74) is 1.73. The summed E-state index contributed by atoms with van der Waals surface area (Å²) in [5, 5.41) is 2.92. The molecule has 0 spiro atoms. The van der Waals surface area contributed by atoms with Crippen molar-refractivity contribution in [3.05, 3.63) is 35.4 Å². The summed E-state index contributed by atoms with van der Waals surface area (Å²) in [6, 6.07) is 7.56. The second kappa shape index (κ2) is 6.92. The van der Waals surface area contributed by atoms with E-state index in [1.54, 1.807) is 4.90 Å². The number of hydrogen-bond donors (Lipinski definition) is 1. The first kappa shape index (κ1) is 15.0. The molecule has 5 nitrogen and oxygen atoms in total. The van der Waals surface area contributed by atoms with Gasteiger partial charge in [-0.1, -0.05) is 18.2 Å². The summed E-state index contributed by atoms with van der Waals surface area (Å²) in [6.07, 6.45) is 3.56. The van der Waals surface area contributed by atoms with Crippen LogP contribution in [-0.2, 0) is 11.3 Å². The third kappa shape index (κ3) is 3.47. The fourth-order valence-corrected chi connectivity index (χ4v) is 3.21. The zero-order valence-electron chi connectivity index (χ0n) is 12.9. The van der Waals surface area contributed by atoms with Gasteiger partial charge in [-0.15, -0.1) is 0 Å². The van der Waals surface area contributed by atoms with Crippen LogP contribution >= 0.6 is 0 Å². The molecule has 3 rings (SSSR count). The molecule has 0 radical (unpaired) electrons. The number of fused-ring (bicyclic) bond motifs is 1. The number of benzene rings is 1. The maximum atomic E-state index is 12.2. The van der Waals surface area contributed by atoms with Gasteiger partial charge in [0.15, 0.2) is 0 Å². The molecule has 2 amide bonds. The van der Waals surface area contributed by atoms with Crippen LogP contribution in [-0.4, -0.2) is 54.3 Å². The molecule has 1 saturated heterocycles. The number of carbonyl (C=O) groups is 2. The van der Waals surface area contributed by atoms with Gasteiger partial charge in [0.05, 0.1) is 0 Å². The molecule has 22 heavy (non-hydrogen) atoms. The van der Waals surface area contributed by atoms with Crippen molar-refractivity contribution in [3.8, 4) is 0 Å². The first-order valence-corrected chi connectivity index (χ1v) is 8.10. The molecule has 0 unspecified atom stereocenters. The number of rotatable bonds is 6. The van der Waals surface area contributed by atoms with Gasteiger partial charge in [0.1, 0.15) is 6.54 Å². The molecule has 2 aliphatic rings. The van der Waals surface area contributed by atoms with Gasteiger partial charge in [-0.3, -0.25) is 9.59 Å². The van der Waals surface area contributed by atoms with Crippen LogP contribution < -0.4 is 5.32 Å².